The maximum atomic E-state index is 12.2. The Morgan fingerprint density at radius 2 is 1.96 bits per heavy atom. The highest BCUT2D eigenvalue weighted by atomic mass is 35.5. The fourth-order valence-corrected chi connectivity index (χ4v) is 3.28. The Morgan fingerprint density at radius 1 is 1.29 bits per heavy atom. The number of alkyl halides is 2. The summed E-state index contributed by atoms with van der Waals surface area (Å²) < 4.78 is 51.8. The molecular formula is C12H23Cl2F2N5O2S. The molecule has 2 heterocycles. The van der Waals surface area contributed by atoms with Gasteiger partial charge in [-0.3, -0.25) is 4.68 Å². The number of aromatic nitrogens is 2. The van der Waals surface area contributed by atoms with Gasteiger partial charge in [0.15, 0.2) is 0 Å². The average Bonchev–Trinajstić information content (AvgIpc) is 2.93. The summed E-state index contributed by atoms with van der Waals surface area (Å²) in [5, 5.41) is 6.88. The van der Waals surface area contributed by atoms with Crippen molar-refractivity contribution in [2.75, 3.05) is 39.3 Å². The van der Waals surface area contributed by atoms with E-state index in [2.05, 4.69) is 20.0 Å². The molecule has 1 saturated heterocycles. The summed E-state index contributed by atoms with van der Waals surface area (Å²) in [6.45, 7) is 4.37. The molecule has 0 atom stereocenters. The van der Waals surface area contributed by atoms with Crippen LogP contribution in [0.5, 0.6) is 0 Å². The quantitative estimate of drug-likeness (QED) is 0.613. The minimum atomic E-state index is -3.69. The van der Waals surface area contributed by atoms with Crippen LogP contribution in [0.3, 0.4) is 0 Å². The highest BCUT2D eigenvalue weighted by molar-refractivity contribution is 7.89. The third-order valence-corrected chi connectivity index (χ3v) is 4.81. The first-order valence-electron chi connectivity index (χ1n) is 7.21. The van der Waals surface area contributed by atoms with Gasteiger partial charge in [-0.1, -0.05) is 0 Å². The van der Waals surface area contributed by atoms with E-state index in [9.17, 15) is 17.2 Å². The molecule has 0 spiro atoms. The van der Waals surface area contributed by atoms with Gasteiger partial charge in [0.2, 0.25) is 10.0 Å². The van der Waals surface area contributed by atoms with E-state index in [4.69, 9.17) is 0 Å². The molecule has 0 amide bonds. The number of hydrogen-bond acceptors (Lipinski definition) is 5. The van der Waals surface area contributed by atoms with Crippen LogP contribution in [0, 0.1) is 0 Å². The molecule has 1 aliphatic heterocycles. The van der Waals surface area contributed by atoms with E-state index in [1.165, 1.54) is 0 Å². The predicted octanol–water partition coefficient (Wildman–Crippen LogP) is 0.565. The van der Waals surface area contributed by atoms with Crippen molar-refractivity contribution in [2.45, 2.75) is 24.3 Å². The van der Waals surface area contributed by atoms with Gasteiger partial charge in [0, 0.05) is 38.9 Å². The molecule has 0 radical (unpaired) electrons. The predicted molar refractivity (Wildman–Crippen MR) is 91.8 cm³/mol. The normalized spacial score (nSPS) is 15.8. The summed E-state index contributed by atoms with van der Waals surface area (Å²) in [6, 6.07) is 0. The van der Waals surface area contributed by atoms with E-state index in [0.29, 0.717) is 13.0 Å². The Hall–Kier alpha value is -0.520. The van der Waals surface area contributed by atoms with Crippen LogP contribution in [-0.4, -0.2) is 68.8 Å². The number of nitrogens with one attached hydrogen (secondary N) is 2. The van der Waals surface area contributed by atoms with Gasteiger partial charge in [0.25, 0.3) is 6.43 Å². The van der Waals surface area contributed by atoms with E-state index in [-0.39, 0.29) is 29.7 Å². The monoisotopic (exact) mass is 409 g/mol. The second kappa shape index (κ2) is 11.2. The smallest absolute Gasteiger partial charge is 0.257 e. The Morgan fingerprint density at radius 3 is 2.58 bits per heavy atom. The lowest BCUT2D eigenvalue weighted by Gasteiger charge is -2.26. The molecule has 2 rings (SSSR count). The number of nitrogens with zero attached hydrogens (tertiary/aromatic N) is 3. The Balaban J connectivity index is 0.00000264. The highest BCUT2D eigenvalue weighted by Crippen LogP contribution is 2.08. The molecule has 142 valence electrons. The first-order chi connectivity index (χ1) is 10.5. The number of hydrogen-bond donors (Lipinski definition) is 2. The van der Waals surface area contributed by atoms with Crippen molar-refractivity contribution in [3.05, 3.63) is 12.4 Å². The maximum Gasteiger partial charge on any atom is 0.257 e. The lowest BCUT2D eigenvalue weighted by atomic mass is 10.3. The molecule has 2 N–H and O–H groups in total. The molecule has 24 heavy (non-hydrogen) atoms. The molecule has 1 aliphatic rings. The maximum absolute atomic E-state index is 12.2. The Labute approximate surface area is 153 Å². The summed E-state index contributed by atoms with van der Waals surface area (Å²) >= 11 is 0. The van der Waals surface area contributed by atoms with E-state index >= 15 is 0 Å². The SMILES string of the molecule is Cl.Cl.O=S(=O)(NCCCN1CCNCC1)c1cnn(CC(F)F)c1. The molecule has 0 unspecified atom stereocenters. The van der Waals surface area contributed by atoms with Crippen LogP contribution in [0.1, 0.15) is 6.42 Å². The molecule has 0 saturated carbocycles. The van der Waals surface area contributed by atoms with Crippen molar-refractivity contribution in [2.24, 2.45) is 0 Å². The standard InChI is InChI=1S/C12H21F2N5O2S.2ClH/c13-12(14)10-19-9-11(8-16-19)22(20,21)17-2-1-5-18-6-3-15-4-7-18;;/h8-9,12,15,17H,1-7,10H2;2*1H. The second-order valence-electron chi connectivity index (χ2n) is 5.13. The van der Waals surface area contributed by atoms with Crippen LogP contribution in [-0.2, 0) is 16.6 Å². The van der Waals surface area contributed by atoms with Crippen molar-refractivity contribution >= 4 is 34.8 Å². The first-order valence-corrected chi connectivity index (χ1v) is 8.69. The second-order valence-corrected chi connectivity index (χ2v) is 6.90. The number of halogens is 4. The summed E-state index contributed by atoms with van der Waals surface area (Å²) in [5.74, 6) is 0. The molecule has 0 bridgehead atoms. The van der Waals surface area contributed by atoms with Crippen LogP contribution in [0.25, 0.3) is 0 Å². The Kier molecular flexibility index (Phi) is 10.9. The zero-order valence-corrected chi connectivity index (χ0v) is 15.5. The minimum absolute atomic E-state index is 0. The molecule has 1 aromatic heterocycles. The number of rotatable bonds is 8. The molecule has 1 fully saturated rings. The van der Waals surface area contributed by atoms with Crippen molar-refractivity contribution in [3.63, 3.8) is 0 Å². The molecule has 7 nitrogen and oxygen atoms in total. The average molecular weight is 410 g/mol. The van der Waals surface area contributed by atoms with E-state index in [0.717, 1.165) is 49.8 Å². The summed E-state index contributed by atoms with van der Waals surface area (Å²) in [5.41, 5.74) is 0. The van der Waals surface area contributed by atoms with Crippen LogP contribution in [0.2, 0.25) is 0 Å². The number of piperazine rings is 1. The molecule has 12 heteroatoms. The minimum Gasteiger partial charge on any atom is -0.314 e. The summed E-state index contributed by atoms with van der Waals surface area (Å²) in [6.07, 6.45) is 0.332. The van der Waals surface area contributed by atoms with E-state index in [1.807, 2.05) is 0 Å². The van der Waals surface area contributed by atoms with Crippen molar-refractivity contribution in [1.29, 1.82) is 0 Å². The zero-order chi connectivity index (χ0) is 16.0. The fraction of sp³-hybridized carbons (Fsp3) is 0.750. The van der Waals surface area contributed by atoms with Gasteiger partial charge in [-0.2, -0.15) is 5.10 Å². The van der Waals surface area contributed by atoms with Gasteiger partial charge in [-0.05, 0) is 13.0 Å². The topological polar surface area (TPSA) is 79.3 Å². The van der Waals surface area contributed by atoms with Gasteiger partial charge in [0.05, 0.1) is 6.20 Å². The molecular weight excluding hydrogens is 387 g/mol. The third-order valence-electron chi connectivity index (χ3n) is 3.40. The first kappa shape index (κ1) is 23.5. The fourth-order valence-electron chi connectivity index (χ4n) is 2.25. The summed E-state index contributed by atoms with van der Waals surface area (Å²) in [4.78, 5) is 2.18. The van der Waals surface area contributed by atoms with Crippen LogP contribution in [0.4, 0.5) is 8.78 Å². The molecule has 0 aromatic carbocycles. The Bertz CT molecular complexity index is 568. The highest BCUT2D eigenvalue weighted by Gasteiger charge is 2.17. The van der Waals surface area contributed by atoms with Crippen LogP contribution in [0.15, 0.2) is 17.3 Å². The van der Waals surface area contributed by atoms with Gasteiger partial charge >= 0.3 is 0 Å². The van der Waals surface area contributed by atoms with Crippen LogP contribution >= 0.6 is 24.8 Å². The largest absolute Gasteiger partial charge is 0.314 e. The van der Waals surface area contributed by atoms with E-state index < -0.39 is 23.0 Å². The van der Waals surface area contributed by atoms with Crippen LogP contribution < -0.4 is 10.0 Å². The van der Waals surface area contributed by atoms with Gasteiger partial charge in [-0.25, -0.2) is 21.9 Å². The van der Waals surface area contributed by atoms with Crippen molar-refractivity contribution in [3.8, 4) is 0 Å². The lowest BCUT2D eigenvalue weighted by molar-refractivity contribution is 0.121. The number of sulfonamides is 1. The van der Waals surface area contributed by atoms with Gasteiger partial charge < -0.3 is 10.2 Å². The zero-order valence-electron chi connectivity index (χ0n) is 13.0. The molecule has 1 aromatic rings. The van der Waals surface area contributed by atoms with Crippen molar-refractivity contribution < 1.29 is 17.2 Å². The van der Waals surface area contributed by atoms with Gasteiger partial charge in [-0.15, -0.1) is 24.8 Å². The molecule has 0 aliphatic carbocycles. The van der Waals surface area contributed by atoms with E-state index in [1.54, 1.807) is 0 Å². The van der Waals surface area contributed by atoms with Gasteiger partial charge in [0.1, 0.15) is 11.4 Å². The summed E-state index contributed by atoms with van der Waals surface area (Å²) in [7, 11) is -3.69. The lowest BCUT2D eigenvalue weighted by Crippen LogP contribution is -2.44. The van der Waals surface area contributed by atoms with Crippen molar-refractivity contribution in [1.82, 2.24) is 24.7 Å². The third kappa shape index (κ3) is 7.58.